The SMILES string of the molecule is C[Si](C)(C)C#CCc1cc(O)ccc1O. The summed E-state index contributed by atoms with van der Waals surface area (Å²) in [6.45, 7) is 6.51. The summed E-state index contributed by atoms with van der Waals surface area (Å²) in [5.41, 5.74) is 3.89. The van der Waals surface area contributed by atoms with Gasteiger partial charge in [0.2, 0.25) is 0 Å². The first-order valence-electron chi connectivity index (χ1n) is 4.89. The van der Waals surface area contributed by atoms with E-state index in [1.165, 1.54) is 12.1 Å². The summed E-state index contributed by atoms with van der Waals surface area (Å²) in [6.07, 6.45) is 0.491. The highest BCUT2D eigenvalue weighted by Gasteiger charge is 2.07. The van der Waals surface area contributed by atoms with E-state index in [9.17, 15) is 10.2 Å². The minimum absolute atomic E-state index is 0.164. The third-order valence-electron chi connectivity index (χ3n) is 1.81. The van der Waals surface area contributed by atoms with Crippen LogP contribution in [0, 0.1) is 11.5 Å². The summed E-state index contributed by atoms with van der Waals surface area (Å²) in [5, 5.41) is 18.7. The first-order chi connectivity index (χ1) is 6.88. The Kier molecular flexibility index (Phi) is 3.43. The number of hydrogen-bond donors (Lipinski definition) is 2. The highest BCUT2D eigenvalue weighted by molar-refractivity contribution is 6.83. The maximum atomic E-state index is 9.50. The third-order valence-corrected chi connectivity index (χ3v) is 2.73. The van der Waals surface area contributed by atoms with Gasteiger partial charge in [0.25, 0.3) is 0 Å². The van der Waals surface area contributed by atoms with E-state index in [-0.39, 0.29) is 11.5 Å². The van der Waals surface area contributed by atoms with E-state index >= 15 is 0 Å². The van der Waals surface area contributed by atoms with Crippen LogP contribution in [0.5, 0.6) is 11.5 Å². The number of rotatable bonds is 1. The van der Waals surface area contributed by atoms with Crippen molar-refractivity contribution in [3.05, 3.63) is 23.8 Å². The molecule has 0 aliphatic heterocycles. The van der Waals surface area contributed by atoms with E-state index < -0.39 is 8.07 Å². The Hall–Kier alpha value is -1.40. The van der Waals surface area contributed by atoms with Crippen molar-refractivity contribution in [2.24, 2.45) is 0 Å². The van der Waals surface area contributed by atoms with E-state index in [1.54, 1.807) is 6.07 Å². The fraction of sp³-hybridized carbons (Fsp3) is 0.333. The molecule has 0 saturated carbocycles. The zero-order chi connectivity index (χ0) is 11.5. The van der Waals surface area contributed by atoms with Crippen LogP contribution in [0.4, 0.5) is 0 Å². The molecule has 0 aliphatic carbocycles. The summed E-state index contributed by atoms with van der Waals surface area (Å²) in [5.74, 6) is 3.41. The predicted molar refractivity (Wildman–Crippen MR) is 64.6 cm³/mol. The first kappa shape index (κ1) is 11.7. The van der Waals surface area contributed by atoms with Crippen LogP contribution < -0.4 is 0 Å². The Bertz CT molecular complexity index is 408. The Morgan fingerprint density at radius 3 is 2.47 bits per heavy atom. The first-order valence-corrected chi connectivity index (χ1v) is 8.39. The average Bonchev–Trinajstić information content (AvgIpc) is 2.09. The van der Waals surface area contributed by atoms with Crippen molar-refractivity contribution in [2.45, 2.75) is 26.1 Å². The molecule has 0 bridgehead atoms. The second-order valence-electron chi connectivity index (χ2n) is 4.54. The highest BCUT2D eigenvalue weighted by Crippen LogP contribution is 2.22. The molecule has 0 saturated heterocycles. The van der Waals surface area contributed by atoms with E-state index in [2.05, 4.69) is 31.1 Å². The lowest BCUT2D eigenvalue weighted by molar-refractivity contribution is 0.455. The Balaban J connectivity index is 2.80. The van der Waals surface area contributed by atoms with Crippen LogP contribution in [0.2, 0.25) is 19.6 Å². The average molecular weight is 220 g/mol. The zero-order valence-electron chi connectivity index (χ0n) is 9.33. The van der Waals surface area contributed by atoms with E-state index in [4.69, 9.17) is 0 Å². The Morgan fingerprint density at radius 1 is 1.20 bits per heavy atom. The summed E-state index contributed by atoms with van der Waals surface area (Å²) >= 11 is 0. The van der Waals surface area contributed by atoms with Crippen molar-refractivity contribution in [3.8, 4) is 23.0 Å². The largest absolute Gasteiger partial charge is 0.508 e. The van der Waals surface area contributed by atoms with E-state index in [0.717, 1.165) is 0 Å². The molecule has 0 radical (unpaired) electrons. The van der Waals surface area contributed by atoms with Gasteiger partial charge in [0.1, 0.15) is 19.6 Å². The normalized spacial score (nSPS) is 10.6. The lowest BCUT2D eigenvalue weighted by Crippen LogP contribution is -2.16. The van der Waals surface area contributed by atoms with Gasteiger partial charge in [0, 0.05) is 12.0 Å². The van der Waals surface area contributed by atoms with Crippen molar-refractivity contribution < 1.29 is 10.2 Å². The molecule has 2 N–H and O–H groups in total. The Labute approximate surface area is 91.6 Å². The van der Waals surface area contributed by atoms with Crippen LogP contribution in [-0.4, -0.2) is 18.3 Å². The van der Waals surface area contributed by atoms with Gasteiger partial charge < -0.3 is 10.2 Å². The van der Waals surface area contributed by atoms with Gasteiger partial charge in [-0.1, -0.05) is 19.6 Å². The fourth-order valence-electron chi connectivity index (χ4n) is 1.12. The van der Waals surface area contributed by atoms with E-state index in [1.807, 2.05) is 0 Å². The van der Waals surface area contributed by atoms with Crippen molar-refractivity contribution in [2.75, 3.05) is 0 Å². The van der Waals surface area contributed by atoms with Gasteiger partial charge in [-0.3, -0.25) is 0 Å². The molecule has 0 atom stereocenters. The van der Waals surface area contributed by atoms with Gasteiger partial charge in [-0.25, -0.2) is 0 Å². The van der Waals surface area contributed by atoms with Crippen LogP contribution in [0.3, 0.4) is 0 Å². The van der Waals surface area contributed by atoms with Gasteiger partial charge in [0.05, 0.1) is 0 Å². The summed E-state index contributed by atoms with van der Waals surface area (Å²) in [4.78, 5) is 0. The number of hydrogen-bond acceptors (Lipinski definition) is 2. The lowest BCUT2D eigenvalue weighted by Gasteiger charge is -2.04. The number of benzene rings is 1. The zero-order valence-corrected chi connectivity index (χ0v) is 10.3. The predicted octanol–water partition coefficient (Wildman–Crippen LogP) is 2.52. The van der Waals surface area contributed by atoms with Gasteiger partial charge in [-0.2, -0.15) is 0 Å². The maximum Gasteiger partial charge on any atom is 0.129 e. The molecule has 0 aliphatic rings. The molecule has 1 rings (SSSR count). The molecule has 80 valence electrons. The van der Waals surface area contributed by atoms with E-state index in [0.29, 0.717) is 12.0 Å². The molecule has 3 heteroatoms. The van der Waals surface area contributed by atoms with Crippen molar-refractivity contribution in [1.29, 1.82) is 0 Å². The summed E-state index contributed by atoms with van der Waals surface area (Å²) < 4.78 is 0. The maximum absolute atomic E-state index is 9.50. The van der Waals surface area contributed by atoms with Crippen LogP contribution in [0.25, 0.3) is 0 Å². The Morgan fingerprint density at radius 2 is 1.87 bits per heavy atom. The molecule has 0 unspecified atom stereocenters. The van der Waals surface area contributed by atoms with Crippen LogP contribution in [-0.2, 0) is 6.42 Å². The molecular formula is C12H16O2Si. The highest BCUT2D eigenvalue weighted by atomic mass is 28.3. The fourth-order valence-corrected chi connectivity index (χ4v) is 1.74. The molecule has 15 heavy (non-hydrogen) atoms. The molecule has 0 aromatic heterocycles. The molecule has 0 fully saturated rings. The topological polar surface area (TPSA) is 40.5 Å². The number of phenolic OH excluding ortho intramolecular Hbond substituents is 2. The smallest absolute Gasteiger partial charge is 0.129 e. The second kappa shape index (κ2) is 4.41. The standard InChI is InChI=1S/C12H16O2Si/c1-15(2,3)8-4-5-10-9-11(13)6-7-12(10)14/h6-7,9,13-14H,5H2,1-3H3. The summed E-state index contributed by atoms with van der Waals surface area (Å²) in [7, 11) is -1.35. The molecule has 0 amide bonds. The van der Waals surface area contributed by atoms with Gasteiger partial charge >= 0.3 is 0 Å². The van der Waals surface area contributed by atoms with Crippen LogP contribution in [0.1, 0.15) is 5.56 Å². The third kappa shape index (κ3) is 4.09. The molecule has 0 spiro atoms. The van der Waals surface area contributed by atoms with Gasteiger partial charge in [-0.15, -0.1) is 11.5 Å². The molecule has 1 aromatic rings. The lowest BCUT2D eigenvalue weighted by atomic mass is 10.1. The summed E-state index contributed by atoms with van der Waals surface area (Å²) in [6, 6.07) is 4.50. The van der Waals surface area contributed by atoms with Gasteiger partial charge in [0.15, 0.2) is 0 Å². The minimum Gasteiger partial charge on any atom is -0.508 e. The minimum atomic E-state index is -1.35. The second-order valence-corrected chi connectivity index (χ2v) is 9.29. The molecule has 0 heterocycles. The molecule has 2 nitrogen and oxygen atoms in total. The quantitative estimate of drug-likeness (QED) is 0.434. The van der Waals surface area contributed by atoms with Crippen LogP contribution in [0.15, 0.2) is 18.2 Å². The van der Waals surface area contributed by atoms with Crippen molar-refractivity contribution in [3.63, 3.8) is 0 Å². The van der Waals surface area contributed by atoms with Crippen molar-refractivity contribution in [1.82, 2.24) is 0 Å². The monoisotopic (exact) mass is 220 g/mol. The van der Waals surface area contributed by atoms with Crippen molar-refractivity contribution >= 4 is 8.07 Å². The number of phenols is 2. The number of aromatic hydroxyl groups is 2. The van der Waals surface area contributed by atoms with Crippen LogP contribution >= 0.6 is 0 Å². The molecule has 1 aromatic carbocycles. The van der Waals surface area contributed by atoms with Gasteiger partial charge in [-0.05, 0) is 18.2 Å². The molecular weight excluding hydrogens is 204 g/mol.